The minimum Gasteiger partial charge on any atom is -0.348 e. The third-order valence-electron chi connectivity index (χ3n) is 2.11. The topological polar surface area (TPSA) is 41.8 Å². The smallest absolute Gasteiger partial charge is 0.348 e. The van der Waals surface area contributed by atoms with Crippen LogP contribution < -0.4 is 0 Å². The Kier molecular flexibility index (Phi) is 3.01. The Morgan fingerprint density at radius 1 is 1.35 bits per heavy atom. The first-order valence-electron chi connectivity index (χ1n) is 4.66. The largest absolute Gasteiger partial charge is 0.416 e. The Morgan fingerprint density at radius 2 is 2.12 bits per heavy atom. The number of hydrogen-bond acceptors (Lipinski definition) is 3. The van der Waals surface area contributed by atoms with Crippen LogP contribution in [-0.4, -0.2) is 10.1 Å². The van der Waals surface area contributed by atoms with E-state index in [-0.39, 0.29) is 11.3 Å². The molecule has 1 N–H and O–H groups in total. The maximum Gasteiger partial charge on any atom is 0.416 e. The first-order chi connectivity index (χ1) is 7.95. The molecule has 1 aromatic carbocycles. The number of alkyl halides is 3. The van der Waals surface area contributed by atoms with Crippen LogP contribution in [0.2, 0.25) is 0 Å². The van der Waals surface area contributed by atoms with E-state index in [0.29, 0.717) is 11.4 Å². The summed E-state index contributed by atoms with van der Waals surface area (Å²) < 4.78 is 42.0. The Bertz CT molecular complexity index is 573. The van der Waals surface area contributed by atoms with E-state index in [9.17, 15) is 13.2 Å². The zero-order valence-electron chi connectivity index (χ0n) is 8.41. The Balaban J connectivity index is 2.25. The normalized spacial score (nSPS) is 11.7. The molecule has 1 aromatic heterocycles. The maximum atomic E-state index is 12.5. The van der Waals surface area contributed by atoms with Gasteiger partial charge in [-0.1, -0.05) is 18.2 Å². The van der Waals surface area contributed by atoms with Gasteiger partial charge in [0.15, 0.2) is 0 Å². The minimum absolute atomic E-state index is 0.0342. The van der Waals surface area contributed by atoms with E-state index in [1.807, 2.05) is 0 Å². The zero-order valence-corrected chi connectivity index (χ0v) is 9.23. The van der Waals surface area contributed by atoms with Gasteiger partial charge in [-0.3, -0.25) is 0 Å². The van der Waals surface area contributed by atoms with Crippen LogP contribution in [0.5, 0.6) is 0 Å². The van der Waals surface area contributed by atoms with E-state index in [2.05, 4.69) is 22.4 Å². The van der Waals surface area contributed by atoms with Gasteiger partial charge in [-0.05, 0) is 23.8 Å². The summed E-state index contributed by atoms with van der Waals surface area (Å²) in [6.45, 7) is 0. The SMILES string of the molecule is FC(F)(F)c1cccc(Cc2nc(=S)o[nH]2)c1. The molecule has 0 aliphatic carbocycles. The number of aromatic amines is 1. The molecule has 0 atom stereocenters. The fraction of sp³-hybridized carbons (Fsp3) is 0.200. The number of rotatable bonds is 2. The Hall–Kier alpha value is -1.63. The highest BCUT2D eigenvalue weighted by Crippen LogP contribution is 2.29. The van der Waals surface area contributed by atoms with Gasteiger partial charge in [-0.25, -0.2) is 5.16 Å². The zero-order chi connectivity index (χ0) is 12.5. The molecular weight excluding hydrogens is 253 g/mol. The average molecular weight is 260 g/mol. The summed E-state index contributed by atoms with van der Waals surface area (Å²) in [5.74, 6) is 0.398. The van der Waals surface area contributed by atoms with Gasteiger partial charge in [0.25, 0.3) is 0 Å². The number of nitrogens with zero attached hydrogens (tertiary/aromatic N) is 1. The molecule has 7 heteroatoms. The number of hydrogen-bond donors (Lipinski definition) is 1. The van der Waals surface area contributed by atoms with E-state index in [0.717, 1.165) is 12.1 Å². The second-order valence-corrected chi connectivity index (χ2v) is 3.75. The van der Waals surface area contributed by atoms with E-state index in [1.54, 1.807) is 6.07 Å². The van der Waals surface area contributed by atoms with E-state index in [4.69, 9.17) is 4.52 Å². The van der Waals surface area contributed by atoms with Crippen LogP contribution in [0.3, 0.4) is 0 Å². The predicted octanol–water partition coefficient (Wildman–Crippen LogP) is 3.34. The summed E-state index contributed by atoms with van der Waals surface area (Å²) in [6, 6.07) is 5.04. The lowest BCUT2D eigenvalue weighted by molar-refractivity contribution is -0.137. The lowest BCUT2D eigenvalue weighted by Gasteiger charge is -2.07. The van der Waals surface area contributed by atoms with Gasteiger partial charge in [0, 0.05) is 6.42 Å². The van der Waals surface area contributed by atoms with Gasteiger partial charge in [-0.2, -0.15) is 18.2 Å². The Labute approximate surface area is 99.3 Å². The van der Waals surface area contributed by atoms with Gasteiger partial charge >= 0.3 is 11.0 Å². The second kappa shape index (κ2) is 4.33. The predicted molar refractivity (Wildman–Crippen MR) is 55.9 cm³/mol. The molecule has 2 aromatic rings. The van der Waals surface area contributed by atoms with Crippen molar-refractivity contribution >= 4 is 12.2 Å². The van der Waals surface area contributed by atoms with Crippen molar-refractivity contribution in [3.05, 3.63) is 46.1 Å². The van der Waals surface area contributed by atoms with Crippen LogP contribution in [0.15, 0.2) is 28.8 Å². The van der Waals surface area contributed by atoms with Crippen molar-refractivity contribution < 1.29 is 17.7 Å². The van der Waals surface area contributed by atoms with Crippen molar-refractivity contribution in [1.82, 2.24) is 10.1 Å². The highest BCUT2D eigenvalue weighted by atomic mass is 32.1. The van der Waals surface area contributed by atoms with Crippen LogP contribution in [0.4, 0.5) is 13.2 Å². The molecule has 0 bridgehead atoms. The maximum absolute atomic E-state index is 12.5. The fourth-order valence-electron chi connectivity index (χ4n) is 1.38. The van der Waals surface area contributed by atoms with Crippen molar-refractivity contribution in [2.75, 3.05) is 0 Å². The molecule has 0 saturated heterocycles. The third-order valence-corrected chi connectivity index (χ3v) is 2.28. The molecule has 0 fully saturated rings. The van der Waals surface area contributed by atoms with Crippen molar-refractivity contribution in [3.63, 3.8) is 0 Å². The molecule has 0 aliphatic heterocycles. The molecule has 0 radical (unpaired) electrons. The van der Waals surface area contributed by atoms with Gasteiger partial charge < -0.3 is 4.52 Å². The summed E-state index contributed by atoms with van der Waals surface area (Å²) in [5, 5.41) is 2.44. The van der Waals surface area contributed by atoms with Crippen LogP contribution in [0.1, 0.15) is 17.0 Å². The minimum atomic E-state index is -4.34. The highest BCUT2D eigenvalue weighted by molar-refractivity contribution is 7.71. The van der Waals surface area contributed by atoms with Crippen LogP contribution in [-0.2, 0) is 12.6 Å². The van der Waals surface area contributed by atoms with Gasteiger partial charge in [-0.15, -0.1) is 0 Å². The van der Waals surface area contributed by atoms with Crippen molar-refractivity contribution in [3.8, 4) is 0 Å². The monoisotopic (exact) mass is 260 g/mol. The highest BCUT2D eigenvalue weighted by Gasteiger charge is 2.30. The first-order valence-corrected chi connectivity index (χ1v) is 5.06. The first kappa shape index (κ1) is 11.8. The summed E-state index contributed by atoms with van der Waals surface area (Å²) >= 11 is 4.65. The molecular formula is C10H7F3N2OS. The third kappa shape index (κ3) is 2.94. The Morgan fingerprint density at radius 3 is 2.71 bits per heavy atom. The van der Waals surface area contributed by atoms with E-state index < -0.39 is 11.7 Å². The van der Waals surface area contributed by atoms with Crippen molar-refractivity contribution in [2.45, 2.75) is 12.6 Å². The number of nitrogens with one attached hydrogen (secondary N) is 1. The van der Waals surface area contributed by atoms with Crippen LogP contribution >= 0.6 is 12.2 Å². The van der Waals surface area contributed by atoms with Gasteiger partial charge in [0.2, 0.25) is 0 Å². The standard InChI is InChI=1S/C10H7F3N2OS/c11-10(12,13)7-3-1-2-6(4-7)5-8-14-9(17)16-15-8/h1-4H,5H2,(H,14,15,17). The lowest BCUT2D eigenvalue weighted by Crippen LogP contribution is -2.05. The molecule has 2 rings (SSSR count). The molecule has 3 nitrogen and oxygen atoms in total. The van der Waals surface area contributed by atoms with Gasteiger partial charge in [0.05, 0.1) is 5.56 Å². The molecule has 0 aliphatic rings. The lowest BCUT2D eigenvalue weighted by atomic mass is 10.1. The van der Waals surface area contributed by atoms with Crippen molar-refractivity contribution in [1.29, 1.82) is 0 Å². The van der Waals surface area contributed by atoms with Crippen LogP contribution in [0.25, 0.3) is 0 Å². The summed E-state index contributed by atoms with van der Waals surface area (Å²) in [6.07, 6.45) is -4.13. The fourth-order valence-corrected chi connectivity index (χ4v) is 1.54. The number of aromatic nitrogens is 2. The molecule has 1 heterocycles. The number of halogens is 3. The van der Waals surface area contributed by atoms with E-state index in [1.165, 1.54) is 6.07 Å². The summed E-state index contributed by atoms with van der Waals surface area (Å²) in [7, 11) is 0. The second-order valence-electron chi connectivity index (χ2n) is 3.40. The molecule has 17 heavy (non-hydrogen) atoms. The molecule has 0 saturated carbocycles. The molecule has 0 spiro atoms. The number of benzene rings is 1. The number of H-pyrrole nitrogens is 1. The molecule has 0 amide bonds. The van der Waals surface area contributed by atoms with Crippen molar-refractivity contribution in [2.24, 2.45) is 0 Å². The van der Waals surface area contributed by atoms with Crippen LogP contribution in [0, 0.1) is 4.84 Å². The quantitative estimate of drug-likeness (QED) is 0.842. The summed E-state index contributed by atoms with van der Waals surface area (Å²) in [5.41, 5.74) is -0.198. The van der Waals surface area contributed by atoms with Gasteiger partial charge in [0.1, 0.15) is 5.82 Å². The molecule has 90 valence electrons. The average Bonchev–Trinajstić information content (AvgIpc) is 2.63. The molecule has 0 unspecified atom stereocenters. The summed E-state index contributed by atoms with van der Waals surface area (Å²) in [4.78, 5) is 3.84. The van der Waals surface area contributed by atoms with E-state index >= 15 is 0 Å².